The van der Waals surface area contributed by atoms with Crippen LogP contribution in [0.25, 0.3) is 0 Å². The Kier molecular flexibility index (Phi) is 4.84. The standard InChI is InChI=1S/C10H20O2Si/c1-7-9(2)8-10(11-3)12-13(4,5)6/h7-8H,1-6H3. The predicted octanol–water partition coefficient (Wildman–Crippen LogP) is 3.29. The van der Waals surface area contributed by atoms with E-state index in [1.165, 1.54) is 0 Å². The Morgan fingerprint density at radius 2 is 1.77 bits per heavy atom. The highest BCUT2D eigenvalue weighted by molar-refractivity contribution is 6.69. The van der Waals surface area contributed by atoms with Crippen LogP contribution >= 0.6 is 0 Å². The Bertz CT molecular complexity index is 211. The van der Waals surface area contributed by atoms with Crippen molar-refractivity contribution < 1.29 is 9.16 Å². The first-order valence-electron chi connectivity index (χ1n) is 4.46. The van der Waals surface area contributed by atoms with E-state index in [9.17, 15) is 0 Å². The second kappa shape index (κ2) is 5.12. The fraction of sp³-hybridized carbons (Fsp3) is 0.600. The summed E-state index contributed by atoms with van der Waals surface area (Å²) >= 11 is 0. The number of methoxy groups -OCH3 is 1. The van der Waals surface area contributed by atoms with Crippen LogP contribution in [0, 0.1) is 0 Å². The van der Waals surface area contributed by atoms with Gasteiger partial charge in [0.2, 0.25) is 8.32 Å². The molecule has 0 aliphatic carbocycles. The molecular weight excluding hydrogens is 180 g/mol. The van der Waals surface area contributed by atoms with Crippen LogP contribution in [0.1, 0.15) is 13.8 Å². The summed E-state index contributed by atoms with van der Waals surface area (Å²) in [5, 5.41) is 0. The number of ether oxygens (including phenoxy) is 1. The average Bonchev–Trinajstić information content (AvgIpc) is 2.00. The summed E-state index contributed by atoms with van der Waals surface area (Å²) in [6.45, 7) is 10.4. The predicted molar refractivity (Wildman–Crippen MR) is 59.0 cm³/mol. The molecule has 0 atom stereocenters. The third-order valence-electron chi connectivity index (χ3n) is 1.41. The van der Waals surface area contributed by atoms with Crippen LogP contribution in [0.2, 0.25) is 19.6 Å². The maximum Gasteiger partial charge on any atom is 0.265 e. The molecule has 0 aromatic heterocycles. The van der Waals surface area contributed by atoms with Crippen molar-refractivity contribution in [2.24, 2.45) is 0 Å². The summed E-state index contributed by atoms with van der Waals surface area (Å²) in [4.78, 5) is 0. The summed E-state index contributed by atoms with van der Waals surface area (Å²) in [5.74, 6) is 0.620. The van der Waals surface area contributed by atoms with Gasteiger partial charge in [-0.05, 0) is 39.1 Å². The molecule has 0 heterocycles. The van der Waals surface area contributed by atoms with Gasteiger partial charge in [0.25, 0.3) is 5.95 Å². The lowest BCUT2D eigenvalue weighted by molar-refractivity contribution is 0.147. The molecule has 0 aromatic carbocycles. The lowest BCUT2D eigenvalue weighted by Gasteiger charge is -2.20. The van der Waals surface area contributed by atoms with Crippen molar-refractivity contribution in [3.8, 4) is 0 Å². The van der Waals surface area contributed by atoms with Crippen molar-refractivity contribution >= 4 is 8.32 Å². The van der Waals surface area contributed by atoms with Crippen LogP contribution < -0.4 is 0 Å². The average molecular weight is 200 g/mol. The van der Waals surface area contributed by atoms with Gasteiger partial charge < -0.3 is 9.16 Å². The van der Waals surface area contributed by atoms with E-state index in [1.54, 1.807) is 7.11 Å². The molecule has 0 N–H and O–H groups in total. The largest absolute Gasteiger partial charge is 0.520 e. The van der Waals surface area contributed by atoms with Gasteiger partial charge in [0.1, 0.15) is 0 Å². The summed E-state index contributed by atoms with van der Waals surface area (Å²) in [7, 11) is 0.0925. The molecule has 0 aromatic rings. The Morgan fingerprint density at radius 1 is 1.23 bits per heavy atom. The molecule has 0 saturated carbocycles. The minimum Gasteiger partial charge on any atom is -0.520 e. The fourth-order valence-electron chi connectivity index (χ4n) is 0.701. The monoisotopic (exact) mass is 200 g/mol. The SMILES string of the molecule is CC=C(C)C=C(OC)O[Si](C)(C)C. The van der Waals surface area contributed by atoms with E-state index in [1.807, 2.05) is 26.0 Å². The Labute approximate surface area is 82.4 Å². The fourth-order valence-corrected chi connectivity index (χ4v) is 1.45. The van der Waals surface area contributed by atoms with Crippen LogP contribution in [0.5, 0.6) is 0 Å². The van der Waals surface area contributed by atoms with E-state index in [4.69, 9.17) is 9.16 Å². The molecule has 0 unspecified atom stereocenters. The van der Waals surface area contributed by atoms with E-state index in [-0.39, 0.29) is 0 Å². The minimum atomic E-state index is -1.54. The molecule has 13 heavy (non-hydrogen) atoms. The molecule has 3 heteroatoms. The van der Waals surface area contributed by atoms with Gasteiger partial charge in [0.15, 0.2) is 0 Å². The molecule has 0 spiro atoms. The highest BCUT2D eigenvalue weighted by Gasteiger charge is 2.17. The zero-order valence-electron chi connectivity index (χ0n) is 9.47. The van der Waals surface area contributed by atoms with Gasteiger partial charge in [-0.25, -0.2) is 0 Å². The molecule has 0 rings (SSSR count). The van der Waals surface area contributed by atoms with Gasteiger partial charge in [-0.2, -0.15) is 0 Å². The van der Waals surface area contributed by atoms with Crippen molar-refractivity contribution in [2.75, 3.05) is 7.11 Å². The Hall–Kier alpha value is -0.703. The molecule has 0 aliphatic heterocycles. The third-order valence-corrected chi connectivity index (χ3v) is 2.22. The van der Waals surface area contributed by atoms with Crippen LogP contribution in [0.4, 0.5) is 0 Å². The molecule has 0 amide bonds. The van der Waals surface area contributed by atoms with Crippen molar-refractivity contribution in [1.29, 1.82) is 0 Å². The normalized spacial score (nSPS) is 14.3. The summed E-state index contributed by atoms with van der Waals surface area (Å²) in [5.41, 5.74) is 1.15. The van der Waals surface area contributed by atoms with E-state index in [0.29, 0.717) is 5.95 Å². The zero-order chi connectivity index (χ0) is 10.5. The Morgan fingerprint density at radius 3 is 2.08 bits per heavy atom. The van der Waals surface area contributed by atoms with Crippen molar-refractivity contribution in [1.82, 2.24) is 0 Å². The third kappa shape index (κ3) is 6.46. The van der Waals surface area contributed by atoms with Crippen LogP contribution in [0.3, 0.4) is 0 Å². The molecule has 0 bridgehead atoms. The van der Waals surface area contributed by atoms with Crippen LogP contribution in [0.15, 0.2) is 23.7 Å². The van der Waals surface area contributed by atoms with Crippen LogP contribution in [-0.2, 0) is 9.16 Å². The molecule has 76 valence electrons. The molecule has 2 nitrogen and oxygen atoms in total. The highest BCUT2D eigenvalue weighted by atomic mass is 28.4. The first-order valence-corrected chi connectivity index (χ1v) is 7.87. The Balaban J connectivity index is 4.44. The maximum atomic E-state index is 5.70. The summed E-state index contributed by atoms with van der Waals surface area (Å²) in [6, 6.07) is 0. The lowest BCUT2D eigenvalue weighted by atomic mass is 10.3. The van der Waals surface area contributed by atoms with Crippen molar-refractivity contribution in [3.05, 3.63) is 23.7 Å². The molecular formula is C10H20O2Si. The van der Waals surface area contributed by atoms with Gasteiger partial charge in [-0.1, -0.05) is 6.08 Å². The van der Waals surface area contributed by atoms with E-state index in [0.717, 1.165) is 5.57 Å². The van der Waals surface area contributed by atoms with E-state index in [2.05, 4.69) is 19.6 Å². The van der Waals surface area contributed by atoms with Gasteiger partial charge in [-0.3, -0.25) is 0 Å². The summed E-state index contributed by atoms with van der Waals surface area (Å²) in [6.07, 6.45) is 3.94. The lowest BCUT2D eigenvalue weighted by Crippen LogP contribution is -2.25. The van der Waals surface area contributed by atoms with Gasteiger partial charge >= 0.3 is 0 Å². The zero-order valence-corrected chi connectivity index (χ0v) is 10.5. The number of hydrogen-bond acceptors (Lipinski definition) is 2. The highest BCUT2D eigenvalue weighted by Crippen LogP contribution is 2.12. The molecule has 0 aliphatic rings. The number of allylic oxidation sites excluding steroid dienone is 3. The summed E-state index contributed by atoms with van der Waals surface area (Å²) < 4.78 is 10.8. The van der Waals surface area contributed by atoms with Gasteiger partial charge in [-0.15, -0.1) is 0 Å². The van der Waals surface area contributed by atoms with E-state index >= 15 is 0 Å². The van der Waals surface area contributed by atoms with Gasteiger partial charge in [0.05, 0.1) is 7.11 Å². The second-order valence-corrected chi connectivity index (χ2v) is 8.34. The van der Waals surface area contributed by atoms with Crippen molar-refractivity contribution in [3.63, 3.8) is 0 Å². The first kappa shape index (κ1) is 12.3. The number of rotatable bonds is 4. The smallest absolute Gasteiger partial charge is 0.265 e. The number of hydrogen-bond donors (Lipinski definition) is 0. The van der Waals surface area contributed by atoms with Crippen LogP contribution in [-0.4, -0.2) is 15.4 Å². The molecule has 0 radical (unpaired) electrons. The second-order valence-electron chi connectivity index (χ2n) is 3.91. The minimum absolute atomic E-state index is 0.620. The van der Waals surface area contributed by atoms with Gasteiger partial charge in [0, 0.05) is 6.08 Å². The van der Waals surface area contributed by atoms with E-state index < -0.39 is 8.32 Å². The quantitative estimate of drug-likeness (QED) is 0.394. The maximum absolute atomic E-state index is 5.70. The van der Waals surface area contributed by atoms with Crippen molar-refractivity contribution in [2.45, 2.75) is 33.5 Å². The molecule has 0 fully saturated rings. The first-order chi connectivity index (χ1) is 5.89. The molecule has 0 saturated heterocycles. The topological polar surface area (TPSA) is 18.5 Å².